The second kappa shape index (κ2) is 7.13. The van der Waals surface area contributed by atoms with Gasteiger partial charge in [-0.25, -0.2) is 4.79 Å². The molecule has 2 atom stereocenters. The second-order valence-electron chi connectivity index (χ2n) is 6.52. The Kier molecular flexibility index (Phi) is 6.11. The molecule has 1 aliphatic rings. The van der Waals surface area contributed by atoms with Crippen molar-refractivity contribution in [1.82, 2.24) is 4.90 Å². The molecule has 1 aliphatic heterocycles. The maximum absolute atomic E-state index is 12.1. The molecule has 1 fully saturated rings. The van der Waals surface area contributed by atoms with Crippen LogP contribution in [0.15, 0.2) is 0 Å². The molecular weight excluding hydrogens is 240 g/mol. The molecule has 1 rings (SSSR count). The van der Waals surface area contributed by atoms with E-state index in [2.05, 4.69) is 20.8 Å². The Morgan fingerprint density at radius 2 is 2.21 bits per heavy atom. The highest BCUT2D eigenvalue weighted by atomic mass is 16.6. The number of hydrogen-bond donors (Lipinski definition) is 1. The predicted octanol–water partition coefficient (Wildman–Crippen LogP) is 3.15. The van der Waals surface area contributed by atoms with E-state index in [0.717, 1.165) is 38.6 Å². The van der Waals surface area contributed by atoms with Gasteiger partial charge in [-0.3, -0.25) is 0 Å². The molecule has 0 aromatic rings. The van der Waals surface area contributed by atoms with E-state index in [-0.39, 0.29) is 17.7 Å². The van der Waals surface area contributed by atoms with Gasteiger partial charge in [0.2, 0.25) is 0 Å². The monoisotopic (exact) mass is 270 g/mol. The lowest BCUT2D eigenvalue weighted by atomic mass is 9.92. The van der Waals surface area contributed by atoms with E-state index >= 15 is 0 Å². The number of amides is 1. The number of nitrogens with zero attached hydrogens (tertiary/aromatic N) is 1. The van der Waals surface area contributed by atoms with Crippen LogP contribution in [0.2, 0.25) is 0 Å². The van der Waals surface area contributed by atoms with Gasteiger partial charge in [0.15, 0.2) is 0 Å². The first-order chi connectivity index (χ1) is 8.86. The summed E-state index contributed by atoms with van der Waals surface area (Å²) in [5, 5.41) is 0. The fraction of sp³-hybridized carbons (Fsp3) is 0.933. The van der Waals surface area contributed by atoms with Crippen LogP contribution in [0, 0.1) is 5.92 Å². The van der Waals surface area contributed by atoms with E-state index in [4.69, 9.17) is 10.5 Å². The van der Waals surface area contributed by atoms with Gasteiger partial charge in [-0.1, -0.05) is 13.3 Å². The summed E-state index contributed by atoms with van der Waals surface area (Å²) >= 11 is 0. The predicted molar refractivity (Wildman–Crippen MR) is 78.0 cm³/mol. The number of ether oxygens (including phenoxy) is 1. The third-order valence-electron chi connectivity index (χ3n) is 3.93. The summed E-state index contributed by atoms with van der Waals surface area (Å²) < 4.78 is 5.34. The molecule has 0 spiro atoms. The van der Waals surface area contributed by atoms with Gasteiger partial charge < -0.3 is 15.4 Å². The highest BCUT2D eigenvalue weighted by molar-refractivity contribution is 5.69. The first kappa shape index (κ1) is 16.3. The number of rotatable bonds is 6. The molecule has 1 heterocycles. The lowest BCUT2D eigenvalue weighted by Gasteiger charge is -2.30. The highest BCUT2D eigenvalue weighted by Gasteiger charge is 2.41. The van der Waals surface area contributed by atoms with E-state index in [1.165, 1.54) is 0 Å². The smallest absolute Gasteiger partial charge is 0.410 e. The molecule has 4 heteroatoms. The van der Waals surface area contributed by atoms with Gasteiger partial charge in [-0.15, -0.1) is 0 Å². The highest BCUT2D eigenvalue weighted by Crippen LogP contribution is 2.35. The first-order valence-electron chi connectivity index (χ1n) is 7.56. The van der Waals surface area contributed by atoms with E-state index in [1.54, 1.807) is 0 Å². The average molecular weight is 270 g/mol. The van der Waals surface area contributed by atoms with E-state index in [9.17, 15) is 4.79 Å². The van der Waals surface area contributed by atoms with Crippen LogP contribution >= 0.6 is 0 Å². The Morgan fingerprint density at radius 3 is 2.79 bits per heavy atom. The molecule has 0 radical (unpaired) electrons. The van der Waals surface area contributed by atoms with Crippen LogP contribution in [0.1, 0.15) is 59.8 Å². The van der Waals surface area contributed by atoms with Gasteiger partial charge >= 0.3 is 6.09 Å². The third-order valence-corrected chi connectivity index (χ3v) is 3.93. The van der Waals surface area contributed by atoms with E-state index in [0.29, 0.717) is 12.5 Å². The number of carbonyl (C=O) groups excluding carboxylic acids is 1. The van der Waals surface area contributed by atoms with Crippen molar-refractivity contribution in [2.45, 2.75) is 71.4 Å². The summed E-state index contributed by atoms with van der Waals surface area (Å²) in [5.41, 5.74) is 5.72. The van der Waals surface area contributed by atoms with Gasteiger partial charge in [0, 0.05) is 18.1 Å². The summed E-state index contributed by atoms with van der Waals surface area (Å²) in [6.45, 7) is 9.73. The molecule has 0 aliphatic carbocycles. The number of nitrogens with two attached hydrogens (primary N) is 1. The lowest BCUT2D eigenvalue weighted by molar-refractivity contribution is 0.0792. The molecule has 1 saturated heterocycles. The molecular formula is C15H30N2O2. The number of carbonyl (C=O) groups is 1. The van der Waals surface area contributed by atoms with Crippen molar-refractivity contribution < 1.29 is 9.53 Å². The van der Waals surface area contributed by atoms with Gasteiger partial charge in [0.1, 0.15) is 0 Å². The Balaban J connectivity index is 2.46. The quantitative estimate of drug-likeness (QED) is 0.754. The van der Waals surface area contributed by atoms with Crippen molar-refractivity contribution in [1.29, 1.82) is 0 Å². The van der Waals surface area contributed by atoms with Crippen LogP contribution in [0.4, 0.5) is 4.79 Å². The molecule has 112 valence electrons. The van der Waals surface area contributed by atoms with Gasteiger partial charge in [0.25, 0.3) is 0 Å². The van der Waals surface area contributed by atoms with E-state index in [1.807, 2.05) is 11.8 Å². The standard InChI is InChI=1S/C15H30N2O2/c1-5-6-9-19-14(18)17-11-13(8-7-12(2)16)10-15(17,3)4/h12-13H,5-11,16H2,1-4H3. The van der Waals surface area contributed by atoms with Crippen molar-refractivity contribution >= 4 is 6.09 Å². The molecule has 0 aromatic carbocycles. The fourth-order valence-corrected chi connectivity index (χ4v) is 2.78. The van der Waals surface area contributed by atoms with Gasteiger partial charge in [-0.2, -0.15) is 0 Å². The Morgan fingerprint density at radius 1 is 1.53 bits per heavy atom. The van der Waals surface area contributed by atoms with Crippen molar-refractivity contribution in [3.63, 3.8) is 0 Å². The Bertz CT molecular complexity index is 290. The number of hydrogen-bond acceptors (Lipinski definition) is 3. The van der Waals surface area contributed by atoms with Crippen molar-refractivity contribution in [2.75, 3.05) is 13.2 Å². The van der Waals surface area contributed by atoms with E-state index < -0.39 is 0 Å². The molecule has 0 bridgehead atoms. The summed E-state index contributed by atoms with van der Waals surface area (Å²) in [7, 11) is 0. The normalized spacial score (nSPS) is 23.4. The molecule has 19 heavy (non-hydrogen) atoms. The topological polar surface area (TPSA) is 55.6 Å². The minimum absolute atomic E-state index is 0.0915. The average Bonchev–Trinajstić information content (AvgIpc) is 2.62. The SMILES string of the molecule is CCCCOC(=O)N1CC(CCC(C)N)CC1(C)C. The van der Waals surface area contributed by atoms with Crippen LogP contribution in [-0.4, -0.2) is 35.7 Å². The maximum atomic E-state index is 12.1. The van der Waals surface area contributed by atoms with Crippen LogP contribution in [0.3, 0.4) is 0 Å². The molecule has 0 aromatic heterocycles. The number of unbranched alkanes of at least 4 members (excludes halogenated alkanes) is 1. The summed E-state index contributed by atoms with van der Waals surface area (Å²) in [6, 6.07) is 0.244. The molecule has 2 unspecified atom stereocenters. The zero-order chi connectivity index (χ0) is 14.5. The molecule has 1 amide bonds. The minimum atomic E-state index is -0.151. The maximum Gasteiger partial charge on any atom is 0.410 e. The van der Waals surface area contributed by atoms with Crippen LogP contribution < -0.4 is 5.73 Å². The zero-order valence-corrected chi connectivity index (χ0v) is 12.9. The molecule has 4 nitrogen and oxygen atoms in total. The Hall–Kier alpha value is -0.770. The lowest BCUT2D eigenvalue weighted by Crippen LogP contribution is -2.43. The van der Waals surface area contributed by atoms with Crippen LogP contribution in [0.25, 0.3) is 0 Å². The van der Waals surface area contributed by atoms with Gasteiger partial charge in [0.05, 0.1) is 6.61 Å². The second-order valence-corrected chi connectivity index (χ2v) is 6.52. The molecule has 2 N–H and O–H groups in total. The number of likely N-dealkylation sites (tertiary alicyclic amines) is 1. The van der Waals surface area contributed by atoms with Crippen LogP contribution in [0.5, 0.6) is 0 Å². The first-order valence-corrected chi connectivity index (χ1v) is 7.56. The summed E-state index contributed by atoms with van der Waals surface area (Å²) in [4.78, 5) is 14.0. The summed E-state index contributed by atoms with van der Waals surface area (Å²) in [5.74, 6) is 0.555. The molecule has 0 saturated carbocycles. The van der Waals surface area contributed by atoms with Crippen molar-refractivity contribution in [2.24, 2.45) is 11.7 Å². The fourth-order valence-electron chi connectivity index (χ4n) is 2.78. The largest absolute Gasteiger partial charge is 0.449 e. The third kappa shape index (κ3) is 5.01. The van der Waals surface area contributed by atoms with Crippen molar-refractivity contribution in [3.05, 3.63) is 0 Å². The van der Waals surface area contributed by atoms with Crippen molar-refractivity contribution in [3.8, 4) is 0 Å². The minimum Gasteiger partial charge on any atom is -0.449 e. The van der Waals surface area contributed by atoms with Gasteiger partial charge in [-0.05, 0) is 52.4 Å². The Labute approximate surface area is 117 Å². The zero-order valence-electron chi connectivity index (χ0n) is 12.9. The van der Waals surface area contributed by atoms with Crippen LogP contribution in [-0.2, 0) is 4.74 Å². The summed E-state index contributed by atoms with van der Waals surface area (Å²) in [6.07, 6.45) is 5.01.